The number of hydrogen-bond acceptors (Lipinski definition) is 2. The minimum atomic E-state index is -0.185. The number of esters is 1. The Morgan fingerprint density at radius 3 is 2.35 bits per heavy atom. The number of benzene rings is 2. The van der Waals surface area contributed by atoms with Crippen LogP contribution in [0.5, 0.6) is 0 Å². The third-order valence-electron chi connectivity index (χ3n) is 3.54. The van der Waals surface area contributed by atoms with Crippen molar-refractivity contribution in [2.45, 2.75) is 6.42 Å². The fourth-order valence-corrected chi connectivity index (χ4v) is 2.49. The van der Waals surface area contributed by atoms with E-state index in [-0.39, 0.29) is 11.9 Å². The van der Waals surface area contributed by atoms with Crippen molar-refractivity contribution in [3.05, 3.63) is 77.4 Å². The zero-order chi connectivity index (χ0) is 13.8. The number of ether oxygens (including phenoxy) is 1. The molecule has 2 aromatic rings. The van der Waals surface area contributed by atoms with Crippen LogP contribution in [-0.4, -0.2) is 12.6 Å². The summed E-state index contributed by atoms with van der Waals surface area (Å²) in [7, 11) is 0. The molecule has 1 atom stereocenters. The van der Waals surface area contributed by atoms with Crippen LogP contribution >= 0.6 is 0 Å². The SMILES string of the molecule is O=C1OC[C@H](Cc2ccccc2)/C1=C\c1ccccc1. The Morgan fingerprint density at radius 1 is 1.00 bits per heavy atom. The standard InChI is InChI=1S/C18H16O2/c19-18-17(12-15-9-5-2-6-10-15)16(13-20-18)11-14-7-3-1-4-8-14/h1-10,12,16H,11,13H2/b17-12+/t16-/m0/s1. The number of carbonyl (C=O) groups excluding carboxylic acids is 1. The van der Waals surface area contributed by atoms with Crippen molar-refractivity contribution in [3.8, 4) is 0 Å². The molecule has 0 N–H and O–H groups in total. The first kappa shape index (κ1) is 12.7. The smallest absolute Gasteiger partial charge is 0.334 e. The average molecular weight is 264 g/mol. The Bertz CT molecular complexity index is 614. The summed E-state index contributed by atoms with van der Waals surface area (Å²) in [5, 5.41) is 0. The van der Waals surface area contributed by atoms with Crippen LogP contribution in [0, 0.1) is 5.92 Å². The maximum Gasteiger partial charge on any atom is 0.334 e. The van der Waals surface area contributed by atoms with Crippen molar-refractivity contribution in [1.82, 2.24) is 0 Å². The van der Waals surface area contributed by atoms with Crippen LogP contribution in [0.3, 0.4) is 0 Å². The number of rotatable bonds is 3. The van der Waals surface area contributed by atoms with Gasteiger partial charge in [-0.05, 0) is 23.6 Å². The van der Waals surface area contributed by atoms with Gasteiger partial charge in [-0.2, -0.15) is 0 Å². The molecule has 3 rings (SSSR count). The third-order valence-corrected chi connectivity index (χ3v) is 3.54. The van der Waals surface area contributed by atoms with Crippen molar-refractivity contribution in [3.63, 3.8) is 0 Å². The molecule has 0 aromatic heterocycles. The number of hydrogen-bond donors (Lipinski definition) is 0. The third kappa shape index (κ3) is 2.80. The van der Waals surface area contributed by atoms with Gasteiger partial charge in [0.1, 0.15) is 0 Å². The van der Waals surface area contributed by atoms with Crippen molar-refractivity contribution < 1.29 is 9.53 Å². The summed E-state index contributed by atoms with van der Waals surface area (Å²) >= 11 is 0. The highest BCUT2D eigenvalue weighted by Gasteiger charge is 2.30. The van der Waals surface area contributed by atoms with E-state index >= 15 is 0 Å². The predicted molar refractivity (Wildman–Crippen MR) is 79.0 cm³/mol. The Hall–Kier alpha value is -2.35. The topological polar surface area (TPSA) is 26.3 Å². The molecule has 1 aliphatic heterocycles. The van der Waals surface area contributed by atoms with Crippen LogP contribution in [0.15, 0.2) is 66.2 Å². The molecular weight excluding hydrogens is 248 g/mol. The summed E-state index contributed by atoms with van der Waals surface area (Å²) in [4.78, 5) is 11.9. The maximum absolute atomic E-state index is 11.9. The summed E-state index contributed by atoms with van der Waals surface area (Å²) < 4.78 is 5.22. The van der Waals surface area contributed by atoms with Crippen LogP contribution in [0.4, 0.5) is 0 Å². The molecule has 100 valence electrons. The highest BCUT2D eigenvalue weighted by Crippen LogP contribution is 2.27. The van der Waals surface area contributed by atoms with Gasteiger partial charge >= 0.3 is 5.97 Å². The van der Waals surface area contributed by atoms with Crippen molar-refractivity contribution >= 4 is 12.0 Å². The zero-order valence-electron chi connectivity index (χ0n) is 11.2. The van der Waals surface area contributed by atoms with E-state index in [1.807, 2.05) is 54.6 Å². The quantitative estimate of drug-likeness (QED) is 0.626. The molecule has 2 heteroatoms. The van der Waals surface area contributed by atoms with Crippen LogP contribution in [0.1, 0.15) is 11.1 Å². The first-order valence-electron chi connectivity index (χ1n) is 6.80. The van der Waals surface area contributed by atoms with E-state index in [2.05, 4.69) is 12.1 Å². The Morgan fingerprint density at radius 2 is 1.65 bits per heavy atom. The highest BCUT2D eigenvalue weighted by molar-refractivity contribution is 5.96. The van der Waals surface area contributed by atoms with Gasteiger partial charge in [0.15, 0.2) is 0 Å². The van der Waals surface area contributed by atoms with Gasteiger partial charge in [0, 0.05) is 11.5 Å². The van der Waals surface area contributed by atoms with E-state index < -0.39 is 0 Å². The second-order valence-corrected chi connectivity index (χ2v) is 5.00. The van der Waals surface area contributed by atoms with Gasteiger partial charge in [-0.3, -0.25) is 0 Å². The molecule has 0 aliphatic carbocycles. The minimum absolute atomic E-state index is 0.144. The lowest BCUT2D eigenvalue weighted by molar-refractivity contribution is -0.135. The molecule has 0 saturated carbocycles. The lowest BCUT2D eigenvalue weighted by Gasteiger charge is -2.08. The molecule has 0 radical (unpaired) electrons. The number of carbonyl (C=O) groups is 1. The van der Waals surface area contributed by atoms with Gasteiger partial charge in [-0.1, -0.05) is 60.7 Å². The van der Waals surface area contributed by atoms with E-state index in [4.69, 9.17) is 4.74 Å². The van der Waals surface area contributed by atoms with E-state index in [1.165, 1.54) is 5.56 Å². The fraction of sp³-hybridized carbons (Fsp3) is 0.167. The number of cyclic esters (lactones) is 1. The van der Waals surface area contributed by atoms with E-state index in [0.717, 1.165) is 17.6 Å². The minimum Gasteiger partial charge on any atom is -0.462 e. The van der Waals surface area contributed by atoms with Gasteiger partial charge in [0.05, 0.1) is 6.61 Å². The first-order chi connectivity index (χ1) is 9.83. The lowest BCUT2D eigenvalue weighted by Crippen LogP contribution is -2.07. The molecule has 1 heterocycles. The molecule has 0 amide bonds. The zero-order valence-corrected chi connectivity index (χ0v) is 11.2. The van der Waals surface area contributed by atoms with Gasteiger partial charge in [0.2, 0.25) is 0 Å². The first-order valence-corrected chi connectivity index (χ1v) is 6.80. The largest absolute Gasteiger partial charge is 0.462 e. The second-order valence-electron chi connectivity index (χ2n) is 5.00. The highest BCUT2D eigenvalue weighted by atomic mass is 16.5. The monoisotopic (exact) mass is 264 g/mol. The van der Waals surface area contributed by atoms with E-state index in [1.54, 1.807) is 0 Å². The molecule has 0 unspecified atom stereocenters. The maximum atomic E-state index is 11.9. The van der Waals surface area contributed by atoms with Crippen LogP contribution in [0.25, 0.3) is 6.08 Å². The summed E-state index contributed by atoms with van der Waals surface area (Å²) in [5.74, 6) is -0.0418. The van der Waals surface area contributed by atoms with Gasteiger partial charge in [0.25, 0.3) is 0 Å². The van der Waals surface area contributed by atoms with Gasteiger partial charge in [-0.25, -0.2) is 4.79 Å². The summed E-state index contributed by atoms with van der Waals surface area (Å²) in [5.41, 5.74) is 3.05. The second kappa shape index (κ2) is 5.74. The Kier molecular flexibility index (Phi) is 3.64. The van der Waals surface area contributed by atoms with Crippen molar-refractivity contribution in [2.75, 3.05) is 6.61 Å². The Balaban J connectivity index is 1.84. The molecular formula is C18H16O2. The summed E-state index contributed by atoms with van der Waals surface area (Å²) in [6, 6.07) is 20.1. The molecule has 20 heavy (non-hydrogen) atoms. The van der Waals surface area contributed by atoms with Gasteiger partial charge in [-0.15, -0.1) is 0 Å². The molecule has 1 aliphatic rings. The molecule has 1 fully saturated rings. The van der Waals surface area contributed by atoms with Crippen molar-refractivity contribution in [1.29, 1.82) is 0 Å². The van der Waals surface area contributed by atoms with Crippen LogP contribution in [0.2, 0.25) is 0 Å². The predicted octanol–water partition coefficient (Wildman–Crippen LogP) is 3.49. The molecule has 0 bridgehead atoms. The molecule has 0 spiro atoms. The van der Waals surface area contributed by atoms with E-state index in [9.17, 15) is 4.79 Å². The van der Waals surface area contributed by atoms with Crippen LogP contribution in [-0.2, 0) is 16.0 Å². The van der Waals surface area contributed by atoms with Crippen molar-refractivity contribution in [2.24, 2.45) is 5.92 Å². The van der Waals surface area contributed by atoms with Crippen LogP contribution < -0.4 is 0 Å². The summed E-state index contributed by atoms with van der Waals surface area (Å²) in [6.07, 6.45) is 2.79. The summed E-state index contributed by atoms with van der Waals surface area (Å²) in [6.45, 7) is 0.479. The fourth-order valence-electron chi connectivity index (χ4n) is 2.49. The lowest BCUT2D eigenvalue weighted by atomic mass is 9.93. The Labute approximate surface area is 118 Å². The molecule has 2 aromatic carbocycles. The molecule has 2 nitrogen and oxygen atoms in total. The molecule has 1 saturated heterocycles. The van der Waals surface area contributed by atoms with E-state index in [0.29, 0.717) is 6.61 Å². The normalized spacial score (nSPS) is 20.1. The van der Waals surface area contributed by atoms with Gasteiger partial charge < -0.3 is 4.74 Å². The average Bonchev–Trinajstić information content (AvgIpc) is 2.83.